The average Bonchev–Trinajstić information content (AvgIpc) is 2.85. The molecule has 1 spiro atoms. The van der Waals surface area contributed by atoms with Gasteiger partial charge in [0.15, 0.2) is 0 Å². The molecule has 2 heterocycles. The average molecular weight is 463 g/mol. The molecule has 180 valence electrons. The zero-order valence-electron chi connectivity index (χ0n) is 20.1. The lowest BCUT2D eigenvalue weighted by atomic mass is 9.62. The van der Waals surface area contributed by atoms with E-state index in [9.17, 15) is 14.0 Å². The second-order valence-electron chi connectivity index (χ2n) is 10.8. The number of nitrogens with zero attached hydrogens (tertiary/aromatic N) is 1. The van der Waals surface area contributed by atoms with Crippen LogP contribution in [0.4, 0.5) is 4.39 Å². The molecule has 0 aromatic heterocycles. The Hall–Kier alpha value is -2.69. The number of nitrogens with one attached hydrogen (secondary N) is 1. The zero-order valence-corrected chi connectivity index (χ0v) is 20.1. The van der Waals surface area contributed by atoms with Gasteiger partial charge in [0.05, 0.1) is 5.41 Å². The summed E-state index contributed by atoms with van der Waals surface area (Å²) in [5.41, 5.74) is 2.65. The number of benzene rings is 2. The van der Waals surface area contributed by atoms with Crippen LogP contribution in [-0.2, 0) is 15.0 Å². The molecule has 5 rings (SSSR count). The molecule has 0 bridgehead atoms. The van der Waals surface area contributed by atoms with Gasteiger partial charge in [0.1, 0.15) is 5.82 Å². The van der Waals surface area contributed by atoms with Crippen LogP contribution in [0.25, 0.3) is 0 Å². The maximum absolute atomic E-state index is 14.1. The summed E-state index contributed by atoms with van der Waals surface area (Å²) in [6.07, 6.45) is 7.16. The van der Waals surface area contributed by atoms with Crippen LogP contribution in [-0.4, -0.2) is 36.3 Å². The largest absolute Gasteiger partial charge is 0.355 e. The Morgan fingerprint density at radius 2 is 1.71 bits per heavy atom. The maximum Gasteiger partial charge on any atom is 0.233 e. The number of piperidine rings is 2. The molecule has 2 saturated heterocycles. The first-order chi connectivity index (χ1) is 16.4. The van der Waals surface area contributed by atoms with Crippen molar-refractivity contribution in [3.63, 3.8) is 0 Å². The minimum Gasteiger partial charge on any atom is -0.355 e. The number of carbonyl (C=O) groups excluding carboxylic acids is 2. The number of aryl methyl sites for hydroxylation is 1. The number of carbonyl (C=O) groups is 2. The van der Waals surface area contributed by atoms with E-state index in [2.05, 4.69) is 41.4 Å². The quantitative estimate of drug-likeness (QED) is 0.677. The summed E-state index contributed by atoms with van der Waals surface area (Å²) in [6, 6.07) is 15.3. The Bertz CT molecular complexity index is 1050. The van der Waals surface area contributed by atoms with E-state index in [1.807, 2.05) is 6.07 Å². The summed E-state index contributed by atoms with van der Waals surface area (Å²) in [4.78, 5) is 28.6. The molecule has 2 aromatic rings. The van der Waals surface area contributed by atoms with Crippen molar-refractivity contribution in [3.8, 4) is 0 Å². The van der Waals surface area contributed by atoms with E-state index in [1.54, 1.807) is 12.1 Å². The minimum atomic E-state index is -0.428. The Kier molecular flexibility index (Phi) is 6.22. The highest BCUT2D eigenvalue weighted by Crippen LogP contribution is 2.50. The standard InChI is InChI=1S/C29H35FN2O2/c1-21-8-10-23(11-9-21)29(12-3-2-4-13-29)27(34)32-16-14-28(15-17-32)19-26(33)31-20-25(28)22-6-5-7-24(30)18-22/h5-11,18,25H,2-4,12-17,19-20H2,1H3,(H,31,33)/t25-/m0/s1. The highest BCUT2D eigenvalue weighted by Gasteiger charge is 2.49. The monoisotopic (exact) mass is 462 g/mol. The van der Waals surface area contributed by atoms with Crippen molar-refractivity contribution in [1.29, 1.82) is 0 Å². The van der Waals surface area contributed by atoms with Gasteiger partial charge in [-0.2, -0.15) is 0 Å². The number of halogens is 1. The lowest BCUT2D eigenvalue weighted by Gasteiger charge is -2.50. The molecule has 3 aliphatic rings. The van der Waals surface area contributed by atoms with Crippen LogP contribution in [0.5, 0.6) is 0 Å². The third-order valence-electron chi connectivity index (χ3n) is 8.77. The number of likely N-dealkylation sites (tertiary alicyclic amines) is 1. The first-order valence-corrected chi connectivity index (χ1v) is 12.8. The molecule has 1 atom stereocenters. The van der Waals surface area contributed by atoms with Crippen LogP contribution in [0.2, 0.25) is 0 Å². The van der Waals surface area contributed by atoms with E-state index in [1.165, 1.54) is 18.1 Å². The first kappa shape index (κ1) is 23.1. The Morgan fingerprint density at radius 1 is 1.00 bits per heavy atom. The van der Waals surface area contributed by atoms with Crippen molar-refractivity contribution in [2.75, 3.05) is 19.6 Å². The fourth-order valence-corrected chi connectivity index (χ4v) is 6.77. The van der Waals surface area contributed by atoms with E-state index >= 15 is 0 Å². The van der Waals surface area contributed by atoms with Crippen molar-refractivity contribution in [2.24, 2.45) is 5.41 Å². The SMILES string of the molecule is Cc1ccc(C2(C(=O)N3CCC4(CC3)CC(=O)NC[C@H]4c3cccc(F)c3)CCCCC2)cc1. The van der Waals surface area contributed by atoms with Gasteiger partial charge in [-0.3, -0.25) is 9.59 Å². The van der Waals surface area contributed by atoms with Crippen molar-refractivity contribution in [1.82, 2.24) is 10.2 Å². The van der Waals surface area contributed by atoms with Gasteiger partial charge in [0.2, 0.25) is 11.8 Å². The van der Waals surface area contributed by atoms with Crippen LogP contribution in [0.3, 0.4) is 0 Å². The van der Waals surface area contributed by atoms with Crippen LogP contribution in [0.15, 0.2) is 48.5 Å². The third-order valence-corrected chi connectivity index (χ3v) is 8.77. The summed E-state index contributed by atoms with van der Waals surface area (Å²) in [7, 11) is 0. The molecule has 34 heavy (non-hydrogen) atoms. The second kappa shape index (κ2) is 9.16. The van der Waals surface area contributed by atoms with Crippen LogP contribution < -0.4 is 5.32 Å². The number of hydrogen-bond donors (Lipinski definition) is 1. The van der Waals surface area contributed by atoms with Gasteiger partial charge in [-0.1, -0.05) is 61.2 Å². The number of rotatable bonds is 3. The highest BCUT2D eigenvalue weighted by atomic mass is 19.1. The summed E-state index contributed by atoms with van der Waals surface area (Å²) < 4.78 is 14.0. The second-order valence-corrected chi connectivity index (χ2v) is 10.8. The normalized spacial score (nSPS) is 24.0. The maximum atomic E-state index is 14.1. The predicted molar refractivity (Wildman–Crippen MR) is 131 cm³/mol. The molecule has 2 aromatic carbocycles. The van der Waals surface area contributed by atoms with E-state index < -0.39 is 5.41 Å². The molecule has 1 N–H and O–H groups in total. The van der Waals surface area contributed by atoms with Crippen molar-refractivity contribution in [2.45, 2.75) is 69.6 Å². The Balaban J connectivity index is 1.39. The zero-order chi connectivity index (χ0) is 23.8. The van der Waals surface area contributed by atoms with Gasteiger partial charge >= 0.3 is 0 Å². The van der Waals surface area contributed by atoms with Gasteiger partial charge in [-0.15, -0.1) is 0 Å². The molecule has 0 radical (unpaired) electrons. The van der Waals surface area contributed by atoms with Gasteiger partial charge in [-0.25, -0.2) is 4.39 Å². The topological polar surface area (TPSA) is 49.4 Å². The lowest BCUT2D eigenvalue weighted by molar-refractivity contribution is -0.142. The van der Waals surface area contributed by atoms with Crippen LogP contribution in [0.1, 0.15) is 74.0 Å². The van der Waals surface area contributed by atoms with Gasteiger partial charge in [0, 0.05) is 32.0 Å². The summed E-state index contributed by atoms with van der Waals surface area (Å²) in [6.45, 7) is 3.93. The molecular formula is C29H35FN2O2. The molecule has 2 aliphatic heterocycles. The number of amides is 2. The van der Waals surface area contributed by atoms with Crippen LogP contribution in [0, 0.1) is 18.2 Å². The predicted octanol–water partition coefficient (Wildman–Crippen LogP) is 5.25. The van der Waals surface area contributed by atoms with Crippen molar-refractivity contribution >= 4 is 11.8 Å². The Labute approximate surface area is 201 Å². The third kappa shape index (κ3) is 4.14. The number of hydrogen-bond acceptors (Lipinski definition) is 2. The van der Waals surface area contributed by atoms with Crippen molar-refractivity contribution in [3.05, 3.63) is 71.0 Å². The van der Waals surface area contributed by atoms with Crippen molar-refractivity contribution < 1.29 is 14.0 Å². The fourth-order valence-electron chi connectivity index (χ4n) is 6.77. The molecule has 2 amide bonds. The summed E-state index contributed by atoms with van der Waals surface area (Å²) >= 11 is 0. The van der Waals surface area contributed by atoms with E-state index in [-0.39, 0.29) is 29.0 Å². The van der Waals surface area contributed by atoms with Gasteiger partial charge in [-0.05, 0) is 61.3 Å². The van der Waals surface area contributed by atoms with E-state index in [4.69, 9.17) is 0 Å². The van der Waals surface area contributed by atoms with Gasteiger partial charge < -0.3 is 10.2 Å². The summed E-state index contributed by atoms with van der Waals surface area (Å²) in [5.74, 6) is 0.151. The molecule has 1 saturated carbocycles. The molecule has 1 aliphatic carbocycles. The summed E-state index contributed by atoms with van der Waals surface area (Å²) in [5, 5.41) is 3.00. The smallest absolute Gasteiger partial charge is 0.233 e. The fraction of sp³-hybridized carbons (Fsp3) is 0.517. The lowest BCUT2D eigenvalue weighted by Crippen LogP contribution is -2.56. The molecular weight excluding hydrogens is 427 g/mol. The van der Waals surface area contributed by atoms with E-state index in [0.29, 0.717) is 26.1 Å². The molecule has 3 fully saturated rings. The van der Waals surface area contributed by atoms with Crippen LogP contribution >= 0.6 is 0 Å². The van der Waals surface area contributed by atoms with E-state index in [0.717, 1.165) is 49.7 Å². The minimum absolute atomic E-state index is 0.0656. The molecule has 0 unspecified atom stereocenters. The highest BCUT2D eigenvalue weighted by molar-refractivity contribution is 5.88. The first-order valence-electron chi connectivity index (χ1n) is 12.8. The molecule has 5 heteroatoms. The Morgan fingerprint density at radius 3 is 2.38 bits per heavy atom. The van der Waals surface area contributed by atoms with Gasteiger partial charge in [0.25, 0.3) is 0 Å². The molecule has 4 nitrogen and oxygen atoms in total.